The van der Waals surface area contributed by atoms with Crippen LogP contribution in [0.2, 0.25) is 12.1 Å². The predicted octanol–water partition coefficient (Wildman–Crippen LogP) is -0.998. The van der Waals surface area contributed by atoms with E-state index in [-0.39, 0.29) is 51.0 Å². The van der Waals surface area contributed by atoms with E-state index in [4.69, 9.17) is 0 Å². The molecule has 109 valence electrons. The molecule has 3 radical (unpaired) electrons. The number of rotatable bonds is 3. The van der Waals surface area contributed by atoms with Gasteiger partial charge in [-0.3, -0.25) is 0 Å². The smallest absolute Gasteiger partial charge is 1.00 e. The van der Waals surface area contributed by atoms with Gasteiger partial charge < -0.3 is 24.8 Å². The molecule has 0 saturated heterocycles. The molecule has 0 nitrogen and oxygen atoms in total. The minimum atomic E-state index is 0. The molecular weight excluding hydrogens is 382 g/mol. The molecule has 2 aromatic rings. The molecule has 0 aliphatic heterocycles. The Morgan fingerprint density at radius 3 is 1.95 bits per heavy atom. The average Bonchev–Trinajstić information content (AvgIpc) is 2.69. The Balaban J connectivity index is -0.000000322. The fourth-order valence-corrected chi connectivity index (χ4v) is 2.55. The van der Waals surface area contributed by atoms with E-state index >= 15 is 0 Å². The van der Waals surface area contributed by atoms with Gasteiger partial charge in [0.15, 0.2) is 0 Å². The fourth-order valence-electron chi connectivity index (χ4n) is 2.05. The van der Waals surface area contributed by atoms with E-state index in [9.17, 15) is 0 Å². The molecule has 20 heavy (non-hydrogen) atoms. The summed E-state index contributed by atoms with van der Waals surface area (Å²) < 4.78 is 0. The molecule has 0 N–H and O–H groups in total. The first-order chi connectivity index (χ1) is 8.24. The van der Waals surface area contributed by atoms with E-state index in [0.717, 1.165) is 6.42 Å². The van der Waals surface area contributed by atoms with Crippen LogP contribution < -0.4 is 24.8 Å². The zero-order valence-corrected chi connectivity index (χ0v) is 17.7. The molecule has 0 amide bonds. The maximum atomic E-state index is 2.30. The Labute approximate surface area is 158 Å². The van der Waals surface area contributed by atoms with Gasteiger partial charge in [0.2, 0.25) is 0 Å². The van der Waals surface area contributed by atoms with Crippen molar-refractivity contribution >= 4 is 20.3 Å². The summed E-state index contributed by atoms with van der Waals surface area (Å²) >= 11 is 0. The third kappa shape index (κ3) is 7.50. The van der Waals surface area contributed by atoms with E-state index in [2.05, 4.69) is 58.0 Å². The van der Waals surface area contributed by atoms with E-state index in [1.165, 1.54) is 43.5 Å². The van der Waals surface area contributed by atoms with Gasteiger partial charge in [0.1, 0.15) is 0 Å². The van der Waals surface area contributed by atoms with Gasteiger partial charge in [-0.1, -0.05) is 45.8 Å². The third-order valence-electron chi connectivity index (χ3n) is 3.06. The number of hydrogen-bond acceptors (Lipinski definition) is 0. The normalized spacial score (nSPS) is 8.60. The fraction of sp³-hybridized carbons (Fsp3) is 0.438. The molecule has 0 bridgehead atoms. The van der Waals surface area contributed by atoms with Crippen LogP contribution in [-0.2, 0) is 32.6 Å². The van der Waals surface area contributed by atoms with Crippen molar-refractivity contribution in [2.24, 2.45) is 0 Å². The van der Waals surface area contributed by atoms with Crippen molar-refractivity contribution in [3.05, 3.63) is 41.5 Å². The van der Waals surface area contributed by atoms with Crippen LogP contribution in [0.4, 0.5) is 0 Å². The number of halogens is 2. The molecule has 0 aromatic heterocycles. The standard InChI is InChI=1S/C12H13.C4H10Si.2ClH.Zr/c1-3-10-8-11-6-4-5-7-12(11)9(10)2;1-3-5-4-2;;;/h4-8H,3H2,1-2H3;3-4H2,1-2H3;2*1H;/q-1;;;;+3/p-2. The van der Waals surface area contributed by atoms with Gasteiger partial charge in [-0.2, -0.15) is 5.56 Å². The average molecular weight is 406 g/mol. The summed E-state index contributed by atoms with van der Waals surface area (Å²) in [5.41, 5.74) is 2.93. The largest absolute Gasteiger partial charge is 3.00 e. The first-order valence-electron chi connectivity index (χ1n) is 6.59. The van der Waals surface area contributed by atoms with Crippen LogP contribution in [0.25, 0.3) is 10.8 Å². The molecule has 0 heterocycles. The van der Waals surface area contributed by atoms with E-state index < -0.39 is 0 Å². The number of hydrogen-bond donors (Lipinski definition) is 0. The summed E-state index contributed by atoms with van der Waals surface area (Å²) in [4.78, 5) is 0. The molecular formula is C16H23Cl2SiZr. The van der Waals surface area contributed by atoms with Gasteiger partial charge >= 0.3 is 26.2 Å². The molecule has 2 rings (SSSR count). The van der Waals surface area contributed by atoms with Crippen LogP contribution in [0.5, 0.6) is 0 Å². The van der Waals surface area contributed by atoms with Crippen molar-refractivity contribution in [3.8, 4) is 0 Å². The first kappa shape index (κ1) is 25.5. The predicted molar refractivity (Wildman–Crippen MR) is 80.4 cm³/mol. The van der Waals surface area contributed by atoms with E-state index in [0.29, 0.717) is 0 Å². The second-order valence-electron chi connectivity index (χ2n) is 4.19. The van der Waals surface area contributed by atoms with Gasteiger partial charge in [-0.15, -0.1) is 40.6 Å². The van der Waals surface area contributed by atoms with E-state index in [1.54, 1.807) is 0 Å². The minimum absolute atomic E-state index is 0. The summed E-state index contributed by atoms with van der Waals surface area (Å²) in [5.74, 6) is 0. The molecule has 0 unspecified atom stereocenters. The van der Waals surface area contributed by atoms with Crippen LogP contribution in [0.1, 0.15) is 31.9 Å². The van der Waals surface area contributed by atoms with Gasteiger partial charge in [-0.05, 0) is 6.42 Å². The van der Waals surface area contributed by atoms with Crippen LogP contribution in [0, 0.1) is 6.92 Å². The van der Waals surface area contributed by atoms with Gasteiger partial charge in [0, 0.05) is 9.52 Å². The first-order valence-corrected chi connectivity index (χ1v) is 8.00. The quantitative estimate of drug-likeness (QED) is 0.454. The maximum absolute atomic E-state index is 2.30. The molecule has 0 spiro atoms. The minimum Gasteiger partial charge on any atom is -1.00 e. The number of benzene rings is 1. The van der Waals surface area contributed by atoms with E-state index in [1.807, 2.05) is 0 Å². The second kappa shape index (κ2) is 14.4. The topological polar surface area (TPSA) is 0 Å². The Bertz CT molecular complexity index is 453. The van der Waals surface area contributed by atoms with Crippen molar-refractivity contribution < 1.29 is 51.0 Å². The molecule has 0 aliphatic carbocycles. The molecule has 4 heteroatoms. The number of aryl methyl sites for hydroxylation is 2. The zero-order chi connectivity index (χ0) is 12.7. The SMILES string of the molecule is CC[Si]CC.CCc1[cH-]c2ccccc2c1C.[Cl-].[Cl-].[Zr+3]. The molecule has 0 fully saturated rings. The Hall–Kier alpha value is 0.510. The second-order valence-corrected chi connectivity index (χ2v) is 6.11. The van der Waals surface area contributed by atoms with Crippen molar-refractivity contribution in [2.45, 2.75) is 46.2 Å². The molecule has 0 atom stereocenters. The van der Waals surface area contributed by atoms with Crippen LogP contribution in [0.3, 0.4) is 0 Å². The van der Waals surface area contributed by atoms with Gasteiger partial charge in [0.05, 0.1) is 0 Å². The molecule has 0 saturated carbocycles. The van der Waals surface area contributed by atoms with Crippen molar-refractivity contribution in [1.82, 2.24) is 0 Å². The van der Waals surface area contributed by atoms with Crippen molar-refractivity contribution in [1.29, 1.82) is 0 Å². The Morgan fingerprint density at radius 1 is 1.00 bits per heavy atom. The zero-order valence-electron chi connectivity index (χ0n) is 12.8. The monoisotopic (exact) mass is 403 g/mol. The summed E-state index contributed by atoms with van der Waals surface area (Å²) in [6, 6.07) is 13.6. The maximum Gasteiger partial charge on any atom is 3.00 e. The summed E-state index contributed by atoms with van der Waals surface area (Å²) in [5, 5.41) is 2.79. The Morgan fingerprint density at radius 2 is 1.55 bits per heavy atom. The summed E-state index contributed by atoms with van der Waals surface area (Å²) in [6.07, 6.45) is 1.14. The van der Waals surface area contributed by atoms with Crippen LogP contribution in [-0.4, -0.2) is 9.52 Å². The summed E-state index contributed by atoms with van der Waals surface area (Å²) in [7, 11) is 1.20. The van der Waals surface area contributed by atoms with Crippen molar-refractivity contribution in [3.63, 3.8) is 0 Å². The van der Waals surface area contributed by atoms with Crippen LogP contribution in [0.15, 0.2) is 30.3 Å². The van der Waals surface area contributed by atoms with Crippen molar-refractivity contribution in [2.75, 3.05) is 0 Å². The number of fused-ring (bicyclic) bond motifs is 1. The van der Waals surface area contributed by atoms with Gasteiger partial charge in [-0.25, -0.2) is 0 Å². The molecule has 0 aliphatic rings. The van der Waals surface area contributed by atoms with Gasteiger partial charge in [0.25, 0.3) is 0 Å². The summed E-state index contributed by atoms with van der Waals surface area (Å²) in [6.45, 7) is 8.87. The Kier molecular flexibility index (Phi) is 18.4. The van der Waals surface area contributed by atoms with Crippen LogP contribution >= 0.6 is 0 Å². The third-order valence-corrected chi connectivity index (χ3v) is 4.06. The molecule has 2 aromatic carbocycles.